The first kappa shape index (κ1) is 18.6. The Morgan fingerprint density at radius 1 is 1.11 bits per heavy atom. The summed E-state index contributed by atoms with van der Waals surface area (Å²) in [7, 11) is 0. The van der Waals surface area contributed by atoms with Crippen LogP contribution in [0.1, 0.15) is 23.2 Å². The molecule has 0 unspecified atom stereocenters. The molecule has 0 amide bonds. The van der Waals surface area contributed by atoms with Gasteiger partial charge in [0.05, 0.1) is 16.8 Å². The van der Waals surface area contributed by atoms with Crippen LogP contribution in [0.15, 0.2) is 57.8 Å². The maximum absolute atomic E-state index is 12.4. The van der Waals surface area contributed by atoms with Crippen molar-refractivity contribution in [3.8, 4) is 0 Å². The summed E-state index contributed by atoms with van der Waals surface area (Å²) in [6, 6.07) is 15.5. The molecule has 1 aliphatic heterocycles. The Bertz CT molecular complexity index is 1000. The van der Waals surface area contributed by atoms with Crippen molar-refractivity contribution in [2.24, 2.45) is 5.92 Å². The van der Waals surface area contributed by atoms with Gasteiger partial charge in [0.15, 0.2) is 5.78 Å². The molecule has 1 saturated heterocycles. The first-order chi connectivity index (χ1) is 13.1. The molecule has 4 rings (SSSR count). The molecule has 6 heteroatoms. The maximum atomic E-state index is 12.4. The Balaban J connectivity index is 1.37. The Kier molecular flexibility index (Phi) is 5.57. The summed E-state index contributed by atoms with van der Waals surface area (Å²) in [4.78, 5) is 27.1. The van der Waals surface area contributed by atoms with Crippen LogP contribution in [0.3, 0.4) is 0 Å². The van der Waals surface area contributed by atoms with E-state index in [2.05, 4.69) is 20.8 Å². The fourth-order valence-electron chi connectivity index (χ4n) is 3.72. The Morgan fingerprint density at radius 3 is 2.59 bits per heavy atom. The fraction of sp³-hybridized carbons (Fsp3) is 0.333. The molecule has 2 heterocycles. The van der Waals surface area contributed by atoms with Crippen LogP contribution in [0.4, 0.5) is 0 Å². The van der Waals surface area contributed by atoms with E-state index in [1.807, 2.05) is 53.1 Å². The summed E-state index contributed by atoms with van der Waals surface area (Å²) >= 11 is 4.78. The number of likely N-dealkylation sites (tertiary alicyclic amines) is 1. The summed E-state index contributed by atoms with van der Waals surface area (Å²) < 4.78 is 3.95. The molecular formula is C21H21BrN2O2S. The van der Waals surface area contributed by atoms with Crippen LogP contribution >= 0.6 is 27.3 Å². The molecule has 4 nitrogen and oxygen atoms in total. The molecule has 1 aromatic heterocycles. The topological polar surface area (TPSA) is 42.3 Å². The molecule has 0 N–H and O–H groups in total. The second-order valence-electron chi connectivity index (χ2n) is 7.10. The van der Waals surface area contributed by atoms with Gasteiger partial charge in [-0.05, 0) is 50.0 Å². The van der Waals surface area contributed by atoms with Gasteiger partial charge in [-0.25, -0.2) is 0 Å². The summed E-state index contributed by atoms with van der Waals surface area (Å²) in [5, 5.41) is 0. The van der Waals surface area contributed by atoms with Crippen LogP contribution in [-0.2, 0) is 6.54 Å². The standard InChI is InChI=1S/C21H21BrN2O2S/c22-17-6-7-18-20(12-17)27-21(26)24(18)13-15-8-10-23(11-9-15)14-19(25)16-4-2-1-3-5-16/h1-7,12,15H,8-11,13-14H2. The number of halogens is 1. The van der Waals surface area contributed by atoms with Crippen LogP contribution < -0.4 is 4.87 Å². The third-order valence-corrected chi connectivity index (χ3v) is 6.68. The number of piperidine rings is 1. The number of fused-ring (bicyclic) bond motifs is 1. The third kappa shape index (κ3) is 4.23. The van der Waals surface area contributed by atoms with Crippen molar-refractivity contribution < 1.29 is 4.79 Å². The minimum absolute atomic E-state index is 0.116. The monoisotopic (exact) mass is 444 g/mol. The van der Waals surface area contributed by atoms with Crippen LogP contribution in [0.5, 0.6) is 0 Å². The molecule has 0 radical (unpaired) electrons. The molecule has 0 aliphatic carbocycles. The van der Waals surface area contributed by atoms with E-state index in [4.69, 9.17) is 0 Å². The molecule has 140 valence electrons. The van der Waals surface area contributed by atoms with Crippen molar-refractivity contribution in [2.75, 3.05) is 19.6 Å². The second-order valence-corrected chi connectivity index (χ2v) is 9.01. The zero-order chi connectivity index (χ0) is 18.8. The van der Waals surface area contributed by atoms with Crippen molar-refractivity contribution in [2.45, 2.75) is 19.4 Å². The lowest BCUT2D eigenvalue weighted by Gasteiger charge is -2.31. The highest BCUT2D eigenvalue weighted by Gasteiger charge is 2.22. The zero-order valence-corrected chi connectivity index (χ0v) is 17.3. The SMILES string of the molecule is O=C(CN1CCC(Cn2c(=O)sc3cc(Br)ccc32)CC1)c1ccccc1. The molecule has 3 aromatic rings. The van der Waals surface area contributed by atoms with Gasteiger partial charge < -0.3 is 0 Å². The average Bonchev–Trinajstić information content (AvgIpc) is 2.98. The number of carbonyl (C=O) groups excluding carboxylic acids is 1. The van der Waals surface area contributed by atoms with E-state index in [-0.39, 0.29) is 10.7 Å². The number of ketones is 1. The number of carbonyl (C=O) groups is 1. The second kappa shape index (κ2) is 8.09. The summed E-state index contributed by atoms with van der Waals surface area (Å²) in [5.74, 6) is 0.659. The normalized spacial score (nSPS) is 16.0. The van der Waals surface area contributed by atoms with Gasteiger partial charge in [0, 0.05) is 16.6 Å². The smallest absolute Gasteiger partial charge is 0.298 e. The Hall–Kier alpha value is -1.76. The number of nitrogens with zero attached hydrogens (tertiary/aromatic N) is 2. The zero-order valence-electron chi connectivity index (χ0n) is 14.9. The molecule has 27 heavy (non-hydrogen) atoms. The van der Waals surface area contributed by atoms with Gasteiger partial charge >= 0.3 is 4.87 Å². The first-order valence-electron chi connectivity index (χ1n) is 9.19. The lowest BCUT2D eigenvalue weighted by Crippen LogP contribution is -2.38. The lowest BCUT2D eigenvalue weighted by molar-refractivity contribution is 0.0890. The number of benzene rings is 2. The van der Waals surface area contributed by atoms with Gasteiger partial charge in [0.2, 0.25) is 0 Å². The van der Waals surface area contributed by atoms with E-state index < -0.39 is 0 Å². The minimum atomic E-state index is 0.116. The fourth-order valence-corrected chi connectivity index (χ4v) is 5.17. The number of rotatable bonds is 5. The summed E-state index contributed by atoms with van der Waals surface area (Å²) in [5.41, 5.74) is 1.80. The molecule has 1 fully saturated rings. The van der Waals surface area contributed by atoms with Gasteiger partial charge in [0.1, 0.15) is 0 Å². The van der Waals surface area contributed by atoms with Gasteiger partial charge in [-0.15, -0.1) is 0 Å². The lowest BCUT2D eigenvalue weighted by atomic mass is 9.96. The maximum Gasteiger partial charge on any atom is 0.308 e. The molecule has 1 aliphatic rings. The van der Waals surface area contributed by atoms with Gasteiger partial charge in [-0.3, -0.25) is 19.1 Å². The Labute approximate surface area is 170 Å². The van der Waals surface area contributed by atoms with Crippen LogP contribution in [0, 0.1) is 5.92 Å². The molecule has 0 atom stereocenters. The summed E-state index contributed by atoms with van der Waals surface area (Å²) in [6.45, 7) is 3.06. The van der Waals surface area contributed by atoms with Gasteiger partial charge in [-0.1, -0.05) is 57.6 Å². The van der Waals surface area contributed by atoms with Crippen molar-refractivity contribution in [3.05, 3.63) is 68.2 Å². The first-order valence-corrected chi connectivity index (χ1v) is 10.8. The van der Waals surface area contributed by atoms with E-state index in [1.54, 1.807) is 0 Å². The van der Waals surface area contributed by atoms with Crippen molar-refractivity contribution in [1.29, 1.82) is 0 Å². The quantitative estimate of drug-likeness (QED) is 0.546. The number of hydrogen-bond donors (Lipinski definition) is 0. The highest BCUT2D eigenvalue weighted by Crippen LogP contribution is 2.25. The highest BCUT2D eigenvalue weighted by molar-refractivity contribution is 9.10. The molecule has 0 spiro atoms. The van der Waals surface area contributed by atoms with E-state index >= 15 is 0 Å². The van der Waals surface area contributed by atoms with E-state index in [1.165, 1.54) is 11.3 Å². The van der Waals surface area contributed by atoms with Crippen molar-refractivity contribution in [1.82, 2.24) is 9.47 Å². The number of hydrogen-bond acceptors (Lipinski definition) is 4. The minimum Gasteiger partial charge on any atom is -0.298 e. The Morgan fingerprint density at radius 2 is 1.85 bits per heavy atom. The summed E-state index contributed by atoms with van der Waals surface area (Å²) in [6.07, 6.45) is 2.03. The largest absolute Gasteiger partial charge is 0.308 e. The highest BCUT2D eigenvalue weighted by atomic mass is 79.9. The van der Waals surface area contributed by atoms with Crippen molar-refractivity contribution >= 4 is 43.3 Å². The molecule has 0 saturated carbocycles. The van der Waals surface area contributed by atoms with Crippen LogP contribution in [0.2, 0.25) is 0 Å². The predicted molar refractivity (Wildman–Crippen MR) is 114 cm³/mol. The van der Waals surface area contributed by atoms with Gasteiger partial charge in [-0.2, -0.15) is 0 Å². The van der Waals surface area contributed by atoms with Crippen LogP contribution in [0.25, 0.3) is 10.2 Å². The molecule has 2 aromatic carbocycles. The number of aromatic nitrogens is 1. The predicted octanol–water partition coefficient (Wildman–Crippen LogP) is 4.42. The number of thiazole rings is 1. The van der Waals surface area contributed by atoms with E-state index in [0.717, 1.165) is 52.7 Å². The number of Topliss-reactive ketones (excluding diaryl/α,β-unsaturated/α-hetero) is 1. The third-order valence-electron chi connectivity index (χ3n) is 5.24. The van der Waals surface area contributed by atoms with Crippen LogP contribution in [-0.4, -0.2) is 34.9 Å². The average molecular weight is 445 g/mol. The van der Waals surface area contributed by atoms with Crippen molar-refractivity contribution in [3.63, 3.8) is 0 Å². The van der Waals surface area contributed by atoms with Gasteiger partial charge in [0.25, 0.3) is 0 Å². The van der Waals surface area contributed by atoms with E-state index in [9.17, 15) is 9.59 Å². The molecule has 0 bridgehead atoms. The molecular weight excluding hydrogens is 424 g/mol. The van der Waals surface area contributed by atoms with E-state index in [0.29, 0.717) is 12.5 Å².